The number of halogens is 3. The summed E-state index contributed by atoms with van der Waals surface area (Å²) in [7, 11) is -4.36. The zero-order valence-electron chi connectivity index (χ0n) is 20.5. The number of amides is 1. The molecule has 0 radical (unpaired) electrons. The Kier molecular flexibility index (Phi) is 8.19. The van der Waals surface area contributed by atoms with Gasteiger partial charge in [0.05, 0.1) is 16.3 Å². The number of ether oxygens (including phenoxy) is 1. The lowest BCUT2D eigenvalue weighted by Crippen LogP contribution is -2.60. The standard InChI is InChI=1S/C23H28Cl2FN5O4S/c1-13-12-31(22(32)35-23(3,4)5)14(2)11-30(13)21(29-36(27,33)34)16-10-17(24)19(28-20(16)25)15-8-6-7-9-18(15)26/h6-10,13-14H,11-12H2,1-5H3,(H2,27,33,34)/b29-21-/t13-,14+/m0/s1. The summed E-state index contributed by atoms with van der Waals surface area (Å²) >= 11 is 12.9. The average molecular weight is 560 g/mol. The maximum Gasteiger partial charge on any atom is 0.410 e. The fraction of sp³-hybridized carbons (Fsp3) is 0.435. The number of amidine groups is 1. The Morgan fingerprint density at radius 3 is 2.33 bits per heavy atom. The third kappa shape index (κ3) is 6.64. The number of hydrogen-bond acceptors (Lipinski definition) is 5. The number of carbonyl (C=O) groups is 1. The van der Waals surface area contributed by atoms with Crippen LogP contribution < -0.4 is 5.14 Å². The predicted molar refractivity (Wildman–Crippen MR) is 138 cm³/mol. The van der Waals surface area contributed by atoms with E-state index in [2.05, 4.69) is 9.38 Å². The molecule has 1 aliphatic rings. The molecule has 0 saturated carbocycles. The van der Waals surface area contributed by atoms with Crippen molar-refractivity contribution in [1.82, 2.24) is 14.8 Å². The average Bonchev–Trinajstić information content (AvgIpc) is 2.73. The fourth-order valence-corrected chi connectivity index (χ4v) is 4.76. The van der Waals surface area contributed by atoms with Crippen LogP contribution in [0.1, 0.15) is 40.2 Å². The summed E-state index contributed by atoms with van der Waals surface area (Å²) in [6.45, 7) is 9.31. The number of hydrogen-bond donors (Lipinski definition) is 1. The van der Waals surface area contributed by atoms with Gasteiger partial charge in [0.1, 0.15) is 16.6 Å². The van der Waals surface area contributed by atoms with Gasteiger partial charge in [0.15, 0.2) is 5.84 Å². The second-order valence-electron chi connectivity index (χ2n) is 9.55. The number of aromatic nitrogens is 1. The van der Waals surface area contributed by atoms with Gasteiger partial charge in [-0.1, -0.05) is 35.3 Å². The van der Waals surface area contributed by atoms with Crippen molar-refractivity contribution in [3.05, 3.63) is 51.9 Å². The molecule has 3 rings (SSSR count). The first-order valence-corrected chi connectivity index (χ1v) is 13.3. The highest BCUT2D eigenvalue weighted by molar-refractivity contribution is 7.88. The maximum absolute atomic E-state index is 14.3. The SMILES string of the molecule is C[C@@H]1CN(/C(=N\S(N)(=O)=O)c2cc(Cl)c(-c3ccccc3F)nc2Cl)[C@@H](C)CN1C(=O)OC(C)(C)C. The highest BCUT2D eigenvalue weighted by Gasteiger charge is 2.37. The molecule has 1 aromatic heterocycles. The first kappa shape index (κ1) is 28.1. The Labute approximate surface area is 220 Å². The molecule has 196 valence electrons. The molecule has 0 aliphatic carbocycles. The molecular formula is C23H28Cl2FN5O4S. The molecule has 0 unspecified atom stereocenters. The number of nitrogens with two attached hydrogens (primary N) is 1. The van der Waals surface area contributed by atoms with Crippen LogP contribution in [0.25, 0.3) is 11.3 Å². The molecule has 1 saturated heterocycles. The van der Waals surface area contributed by atoms with Crippen molar-refractivity contribution in [3.63, 3.8) is 0 Å². The van der Waals surface area contributed by atoms with Crippen LogP contribution in [-0.2, 0) is 14.9 Å². The Morgan fingerprint density at radius 1 is 1.17 bits per heavy atom. The quantitative estimate of drug-likeness (QED) is 0.336. The second-order valence-corrected chi connectivity index (χ2v) is 11.5. The van der Waals surface area contributed by atoms with Gasteiger partial charge in [0.2, 0.25) is 0 Å². The Hall–Kier alpha value is -2.47. The maximum atomic E-state index is 14.3. The molecule has 1 fully saturated rings. The Morgan fingerprint density at radius 2 is 1.75 bits per heavy atom. The van der Waals surface area contributed by atoms with E-state index in [9.17, 15) is 17.6 Å². The minimum absolute atomic E-state index is 0.0368. The Balaban J connectivity index is 2.03. The lowest BCUT2D eigenvalue weighted by molar-refractivity contribution is 0.000514. The normalized spacial score (nSPS) is 19.4. The number of rotatable bonds is 3. The van der Waals surface area contributed by atoms with Gasteiger partial charge in [-0.25, -0.2) is 19.3 Å². The molecule has 0 bridgehead atoms. The first-order valence-electron chi connectivity index (χ1n) is 11.1. The Bertz CT molecular complexity index is 1300. The van der Waals surface area contributed by atoms with E-state index < -0.39 is 33.8 Å². The lowest BCUT2D eigenvalue weighted by atomic mass is 10.1. The van der Waals surface area contributed by atoms with E-state index >= 15 is 0 Å². The van der Waals surface area contributed by atoms with Gasteiger partial charge in [-0.3, -0.25) is 0 Å². The molecular weight excluding hydrogens is 532 g/mol. The van der Waals surface area contributed by atoms with Crippen molar-refractivity contribution < 1.29 is 22.3 Å². The van der Waals surface area contributed by atoms with Crippen LogP contribution in [0.2, 0.25) is 10.2 Å². The summed E-state index contributed by atoms with van der Waals surface area (Å²) in [5.41, 5.74) is -0.350. The van der Waals surface area contributed by atoms with Crippen LogP contribution in [0.5, 0.6) is 0 Å². The van der Waals surface area contributed by atoms with Gasteiger partial charge in [-0.05, 0) is 52.8 Å². The van der Waals surface area contributed by atoms with E-state index in [-0.39, 0.29) is 52.0 Å². The van der Waals surface area contributed by atoms with E-state index in [4.69, 9.17) is 33.1 Å². The highest BCUT2D eigenvalue weighted by atomic mass is 35.5. The number of piperazine rings is 1. The van der Waals surface area contributed by atoms with E-state index in [0.717, 1.165) is 0 Å². The van der Waals surface area contributed by atoms with Crippen LogP contribution in [0.3, 0.4) is 0 Å². The lowest BCUT2D eigenvalue weighted by Gasteiger charge is -2.45. The second kappa shape index (κ2) is 10.5. The van der Waals surface area contributed by atoms with Crippen LogP contribution in [0.4, 0.5) is 9.18 Å². The van der Waals surface area contributed by atoms with Crippen LogP contribution in [-0.4, -0.2) is 65.9 Å². The van der Waals surface area contributed by atoms with Crippen molar-refractivity contribution >= 4 is 45.3 Å². The van der Waals surface area contributed by atoms with Gasteiger partial charge >= 0.3 is 16.3 Å². The predicted octanol–water partition coefficient (Wildman–Crippen LogP) is 4.47. The van der Waals surface area contributed by atoms with Crippen LogP contribution in [0, 0.1) is 5.82 Å². The van der Waals surface area contributed by atoms with Crippen molar-refractivity contribution in [2.75, 3.05) is 13.1 Å². The van der Waals surface area contributed by atoms with Crippen molar-refractivity contribution in [2.45, 2.75) is 52.3 Å². The van der Waals surface area contributed by atoms with Gasteiger partial charge in [0, 0.05) is 30.7 Å². The zero-order chi connectivity index (χ0) is 27.0. The number of pyridine rings is 1. The molecule has 1 aliphatic heterocycles. The first-order chi connectivity index (χ1) is 16.6. The molecule has 36 heavy (non-hydrogen) atoms. The molecule has 2 atom stereocenters. The van der Waals surface area contributed by atoms with Gasteiger partial charge < -0.3 is 14.5 Å². The van der Waals surface area contributed by atoms with Crippen molar-refractivity contribution in [2.24, 2.45) is 9.54 Å². The van der Waals surface area contributed by atoms with Crippen LogP contribution in [0.15, 0.2) is 34.7 Å². The molecule has 0 spiro atoms. The van der Waals surface area contributed by atoms with E-state index in [1.807, 2.05) is 0 Å². The summed E-state index contributed by atoms with van der Waals surface area (Å²) in [5, 5.41) is 5.15. The van der Waals surface area contributed by atoms with Crippen molar-refractivity contribution in [3.8, 4) is 11.3 Å². The van der Waals surface area contributed by atoms with Gasteiger partial charge in [-0.2, -0.15) is 8.42 Å². The van der Waals surface area contributed by atoms with E-state index in [0.29, 0.717) is 0 Å². The monoisotopic (exact) mass is 559 g/mol. The zero-order valence-corrected chi connectivity index (χ0v) is 22.8. The van der Waals surface area contributed by atoms with E-state index in [1.54, 1.807) is 50.5 Å². The topological polar surface area (TPSA) is 118 Å². The molecule has 1 amide bonds. The minimum Gasteiger partial charge on any atom is -0.444 e. The highest BCUT2D eigenvalue weighted by Crippen LogP contribution is 2.33. The molecule has 1 aromatic carbocycles. The molecule has 2 N–H and O–H groups in total. The summed E-state index contributed by atoms with van der Waals surface area (Å²) < 4.78 is 47.7. The third-order valence-corrected chi connectivity index (χ3v) is 6.40. The number of carbonyl (C=O) groups excluding carboxylic acids is 1. The fourth-order valence-electron chi connectivity index (χ4n) is 3.84. The van der Waals surface area contributed by atoms with Crippen molar-refractivity contribution in [1.29, 1.82) is 0 Å². The van der Waals surface area contributed by atoms with Crippen LogP contribution >= 0.6 is 23.2 Å². The largest absolute Gasteiger partial charge is 0.444 e. The van der Waals surface area contributed by atoms with E-state index in [1.165, 1.54) is 24.3 Å². The molecule has 9 nitrogen and oxygen atoms in total. The third-order valence-electron chi connectivity index (χ3n) is 5.40. The van der Waals surface area contributed by atoms with Gasteiger partial charge in [0.25, 0.3) is 0 Å². The molecule has 2 aromatic rings. The summed E-state index contributed by atoms with van der Waals surface area (Å²) in [6, 6.07) is 6.50. The summed E-state index contributed by atoms with van der Waals surface area (Å²) in [5.74, 6) is -0.630. The molecule has 2 heterocycles. The molecule has 13 heteroatoms. The number of nitrogens with zero attached hydrogens (tertiary/aromatic N) is 4. The number of benzene rings is 1. The summed E-state index contributed by atoms with van der Waals surface area (Å²) in [6.07, 6.45) is -0.483. The summed E-state index contributed by atoms with van der Waals surface area (Å²) in [4.78, 5) is 20.2. The van der Waals surface area contributed by atoms with Gasteiger partial charge in [-0.15, -0.1) is 4.40 Å². The minimum atomic E-state index is -4.36. The smallest absolute Gasteiger partial charge is 0.410 e.